The van der Waals surface area contributed by atoms with Crippen molar-refractivity contribution < 1.29 is 5.11 Å². The zero-order valence-corrected chi connectivity index (χ0v) is 3.75. The van der Waals surface area contributed by atoms with Crippen molar-refractivity contribution in [1.29, 1.82) is 0 Å². The van der Waals surface area contributed by atoms with Gasteiger partial charge in [0.1, 0.15) is 6.11 Å². The molecule has 1 N–H and O–H groups in total. The van der Waals surface area contributed by atoms with Gasteiger partial charge in [0.2, 0.25) is 0 Å². The molecule has 0 amide bonds. The second-order valence-corrected chi connectivity index (χ2v) is 0.381. The Kier molecular flexibility index (Phi) is 13.3. The van der Waals surface area contributed by atoms with E-state index in [4.69, 9.17) is 5.11 Å². The molecule has 2 heteroatoms. The lowest BCUT2D eigenvalue weighted by atomic mass is 10.7. The Labute approximate surface area is 42.8 Å². The summed E-state index contributed by atoms with van der Waals surface area (Å²) in [6, 6.07) is 0. The van der Waals surface area contributed by atoms with Crippen LogP contribution in [-0.2, 0) is 0 Å². The first kappa shape index (κ1) is 8.96. The molecule has 0 saturated carbocycles. The van der Waals surface area contributed by atoms with Gasteiger partial charge in [-0.3, -0.25) is 0 Å². The number of terminal acetylenes is 1. The van der Waals surface area contributed by atoms with Crippen molar-refractivity contribution in [3.8, 4) is 24.4 Å². The van der Waals surface area contributed by atoms with E-state index < -0.39 is 0 Å². The van der Waals surface area contributed by atoms with E-state index in [9.17, 15) is 0 Å². The Morgan fingerprint density at radius 3 is 2.00 bits per heavy atom. The molecule has 0 atom stereocenters. The molecule has 0 aromatic rings. The van der Waals surface area contributed by atoms with E-state index in [1.807, 2.05) is 11.8 Å². The molecule has 32 valence electrons. The first-order valence-electron chi connectivity index (χ1n) is 1.01. The summed E-state index contributed by atoms with van der Waals surface area (Å²) in [5.74, 6) is 3.85. The molecule has 0 spiro atoms. The van der Waals surface area contributed by atoms with Crippen LogP contribution in [-0.4, -0.2) is 5.11 Å². The Balaban J connectivity index is 0. The molecule has 0 radical (unpaired) electrons. The van der Waals surface area contributed by atoms with Crippen LogP contribution in [0.1, 0.15) is 0 Å². The molecule has 0 bridgehead atoms. The average Bonchev–Trinajstić information content (AvgIpc) is 1.41. The van der Waals surface area contributed by atoms with E-state index >= 15 is 0 Å². The van der Waals surface area contributed by atoms with Gasteiger partial charge < -0.3 is 5.11 Å². The van der Waals surface area contributed by atoms with Crippen molar-refractivity contribution in [2.24, 2.45) is 0 Å². The van der Waals surface area contributed by atoms with Crippen LogP contribution in [0.2, 0.25) is 0 Å². The maximum Gasteiger partial charge on any atom is 0.122 e. The minimum atomic E-state index is 0. The molecule has 6 heavy (non-hydrogen) atoms. The minimum Gasteiger partial charge on any atom is -0.461 e. The summed E-state index contributed by atoms with van der Waals surface area (Å²) in [5.41, 5.74) is 0. The fraction of sp³-hybridized carbons (Fsp3) is 0. The van der Waals surface area contributed by atoms with Gasteiger partial charge in [0, 0.05) is 5.92 Å². The first-order valence-corrected chi connectivity index (χ1v) is 1.01. The Bertz CT molecular complexity index is 101. The molecular formula is C4H3ClO. The smallest absolute Gasteiger partial charge is 0.122 e. The lowest BCUT2D eigenvalue weighted by Crippen LogP contribution is -1.43. The van der Waals surface area contributed by atoms with Crippen LogP contribution in [0.4, 0.5) is 0 Å². The van der Waals surface area contributed by atoms with E-state index in [1.54, 1.807) is 0 Å². The minimum absolute atomic E-state index is 0. The number of aliphatic hydroxyl groups is 1. The highest BCUT2D eigenvalue weighted by molar-refractivity contribution is 5.85. The van der Waals surface area contributed by atoms with Crippen LogP contribution in [0.15, 0.2) is 0 Å². The highest BCUT2D eigenvalue weighted by Crippen LogP contribution is 1.36. The van der Waals surface area contributed by atoms with Crippen LogP contribution in [0.5, 0.6) is 0 Å². The van der Waals surface area contributed by atoms with Crippen LogP contribution in [0.25, 0.3) is 0 Å². The summed E-state index contributed by atoms with van der Waals surface area (Å²) in [4.78, 5) is 0. The first-order chi connectivity index (χ1) is 2.41. The van der Waals surface area contributed by atoms with Crippen molar-refractivity contribution >= 4 is 12.4 Å². The second-order valence-electron chi connectivity index (χ2n) is 0.381. The lowest BCUT2D eigenvalue weighted by Gasteiger charge is -1.44. The highest BCUT2D eigenvalue weighted by atomic mass is 35.5. The maximum absolute atomic E-state index is 7.56. The van der Waals surface area contributed by atoms with Crippen LogP contribution in [0, 0.1) is 24.4 Å². The number of hydrogen-bond acceptors (Lipinski definition) is 1. The molecule has 0 aliphatic rings. The zero-order chi connectivity index (χ0) is 4.12. The van der Waals surface area contributed by atoms with Crippen molar-refractivity contribution in [3.63, 3.8) is 0 Å². The lowest BCUT2D eigenvalue weighted by molar-refractivity contribution is 0.517. The van der Waals surface area contributed by atoms with E-state index in [1.165, 1.54) is 6.11 Å². The van der Waals surface area contributed by atoms with Crippen LogP contribution >= 0.6 is 12.4 Å². The normalized spacial score (nSPS) is 2.50. The van der Waals surface area contributed by atoms with Crippen molar-refractivity contribution in [2.45, 2.75) is 0 Å². The van der Waals surface area contributed by atoms with Crippen LogP contribution in [0.3, 0.4) is 0 Å². The average molecular weight is 103 g/mol. The number of rotatable bonds is 0. The molecule has 0 saturated heterocycles. The van der Waals surface area contributed by atoms with Gasteiger partial charge >= 0.3 is 0 Å². The molecule has 0 heterocycles. The van der Waals surface area contributed by atoms with Gasteiger partial charge in [0.15, 0.2) is 0 Å². The summed E-state index contributed by atoms with van der Waals surface area (Å²) in [6.07, 6.45) is 6.09. The number of aliphatic hydroxyl groups excluding tert-OH is 1. The Hall–Kier alpha value is -0.790. The fourth-order valence-electron chi connectivity index (χ4n) is 0.0323. The monoisotopic (exact) mass is 102 g/mol. The van der Waals surface area contributed by atoms with Gasteiger partial charge in [0.25, 0.3) is 0 Å². The van der Waals surface area contributed by atoms with Crippen molar-refractivity contribution in [2.75, 3.05) is 0 Å². The molecule has 0 fully saturated rings. The predicted octanol–water partition coefficient (Wildman–Crippen LogP) is 0.375. The summed E-state index contributed by atoms with van der Waals surface area (Å²) in [6.45, 7) is 0. The van der Waals surface area contributed by atoms with Crippen molar-refractivity contribution in [3.05, 3.63) is 0 Å². The van der Waals surface area contributed by atoms with Gasteiger partial charge in [-0.05, 0) is 5.92 Å². The second kappa shape index (κ2) is 8.88. The summed E-state index contributed by atoms with van der Waals surface area (Å²) >= 11 is 0. The molecule has 0 unspecified atom stereocenters. The van der Waals surface area contributed by atoms with E-state index in [0.29, 0.717) is 0 Å². The third-order valence-electron chi connectivity index (χ3n) is 0.128. The summed E-state index contributed by atoms with van der Waals surface area (Å²) in [7, 11) is 0. The molecule has 0 aromatic carbocycles. The molecular weight excluding hydrogens is 99.5 g/mol. The molecule has 1 nitrogen and oxygen atoms in total. The molecule has 0 aliphatic heterocycles. The van der Waals surface area contributed by atoms with Gasteiger partial charge in [0.05, 0.1) is 0 Å². The fourth-order valence-corrected chi connectivity index (χ4v) is 0.0323. The molecule has 0 rings (SSSR count). The third-order valence-corrected chi connectivity index (χ3v) is 0.128. The third kappa shape index (κ3) is 10.7. The zero-order valence-electron chi connectivity index (χ0n) is 2.93. The quantitative estimate of drug-likeness (QED) is 0.439. The standard InChI is InChI=1S/C4H2O.ClH/c1-2-3-4-5;/h1,5H;1H. The van der Waals surface area contributed by atoms with Gasteiger partial charge in [-0.15, -0.1) is 18.8 Å². The summed E-state index contributed by atoms with van der Waals surface area (Å²) in [5, 5.41) is 7.56. The summed E-state index contributed by atoms with van der Waals surface area (Å²) < 4.78 is 0. The molecule has 0 aromatic heterocycles. The SMILES string of the molecule is C#CC#CO.Cl. The maximum atomic E-state index is 7.56. The predicted molar refractivity (Wildman–Crippen MR) is 25.8 cm³/mol. The molecule has 0 aliphatic carbocycles. The largest absolute Gasteiger partial charge is 0.461 e. The topological polar surface area (TPSA) is 20.2 Å². The Morgan fingerprint density at radius 2 is 2.00 bits per heavy atom. The van der Waals surface area contributed by atoms with Crippen LogP contribution < -0.4 is 0 Å². The van der Waals surface area contributed by atoms with Gasteiger partial charge in [-0.25, -0.2) is 0 Å². The highest BCUT2D eigenvalue weighted by Gasteiger charge is 1.37. The Morgan fingerprint density at radius 1 is 1.50 bits per heavy atom. The van der Waals surface area contributed by atoms with E-state index in [2.05, 4.69) is 6.42 Å². The van der Waals surface area contributed by atoms with Gasteiger partial charge in [-0.2, -0.15) is 0 Å². The van der Waals surface area contributed by atoms with E-state index in [-0.39, 0.29) is 12.4 Å². The van der Waals surface area contributed by atoms with Gasteiger partial charge in [-0.1, -0.05) is 0 Å². The number of halogens is 1. The number of hydrogen-bond donors (Lipinski definition) is 1. The van der Waals surface area contributed by atoms with Crippen molar-refractivity contribution in [1.82, 2.24) is 0 Å². The van der Waals surface area contributed by atoms with E-state index in [0.717, 1.165) is 0 Å².